The predicted molar refractivity (Wildman–Crippen MR) is 74.1 cm³/mol. The van der Waals surface area contributed by atoms with Crippen molar-refractivity contribution >= 4 is 12.0 Å². The van der Waals surface area contributed by atoms with E-state index in [1.54, 1.807) is 0 Å². The summed E-state index contributed by atoms with van der Waals surface area (Å²) in [4.78, 5) is 22.2. The molecule has 0 saturated heterocycles. The van der Waals surface area contributed by atoms with E-state index in [1.165, 1.54) is 12.8 Å². The van der Waals surface area contributed by atoms with Gasteiger partial charge in [0.2, 0.25) is 0 Å². The summed E-state index contributed by atoms with van der Waals surface area (Å²) in [6, 6.07) is 0.237. The van der Waals surface area contributed by atoms with Crippen LogP contribution in [0.1, 0.15) is 58.8 Å². The number of nitrogens with one attached hydrogen (secondary N) is 2. The minimum absolute atomic E-state index is 0.0565. The highest BCUT2D eigenvalue weighted by Crippen LogP contribution is 2.26. The minimum atomic E-state index is -0.764. The molecule has 0 radical (unpaired) electrons. The highest BCUT2D eigenvalue weighted by atomic mass is 16.4. The predicted octanol–water partition coefficient (Wildman–Crippen LogP) is 2.51. The maximum atomic E-state index is 11.6. The fraction of sp³-hybridized carbons (Fsp3) is 0.857. The van der Waals surface area contributed by atoms with Crippen LogP contribution < -0.4 is 10.6 Å². The zero-order valence-corrected chi connectivity index (χ0v) is 12.0. The number of carboxylic acids is 1. The number of aliphatic carboxylic acids is 1. The lowest BCUT2D eigenvalue weighted by Gasteiger charge is -2.24. The van der Waals surface area contributed by atoms with E-state index in [2.05, 4.69) is 10.6 Å². The minimum Gasteiger partial charge on any atom is -0.481 e. The van der Waals surface area contributed by atoms with Crippen LogP contribution >= 0.6 is 0 Å². The van der Waals surface area contributed by atoms with E-state index in [1.807, 2.05) is 13.8 Å². The van der Waals surface area contributed by atoms with Gasteiger partial charge in [0, 0.05) is 19.0 Å². The first-order valence-electron chi connectivity index (χ1n) is 7.15. The van der Waals surface area contributed by atoms with Crippen LogP contribution in [0.4, 0.5) is 4.79 Å². The van der Waals surface area contributed by atoms with Crippen molar-refractivity contribution in [3.05, 3.63) is 0 Å². The Morgan fingerprint density at radius 1 is 1.21 bits per heavy atom. The summed E-state index contributed by atoms with van der Waals surface area (Å²) in [5, 5.41) is 14.5. The number of hydrogen-bond acceptors (Lipinski definition) is 2. The lowest BCUT2D eigenvalue weighted by molar-refractivity contribution is -0.137. The molecule has 1 rings (SSSR count). The lowest BCUT2D eigenvalue weighted by Crippen LogP contribution is -2.41. The molecule has 5 nitrogen and oxygen atoms in total. The quantitative estimate of drug-likeness (QED) is 0.665. The Kier molecular flexibility index (Phi) is 6.12. The Labute approximate surface area is 115 Å². The van der Waals surface area contributed by atoms with Gasteiger partial charge in [0.25, 0.3) is 0 Å². The van der Waals surface area contributed by atoms with Crippen LogP contribution in [0, 0.1) is 5.41 Å². The highest BCUT2D eigenvalue weighted by molar-refractivity contribution is 5.74. The van der Waals surface area contributed by atoms with E-state index in [0.717, 1.165) is 19.3 Å². The van der Waals surface area contributed by atoms with E-state index in [4.69, 9.17) is 5.11 Å². The summed E-state index contributed by atoms with van der Waals surface area (Å²) in [5.74, 6) is -0.764. The molecule has 19 heavy (non-hydrogen) atoms. The molecule has 1 aliphatic rings. The Morgan fingerprint density at radius 3 is 2.42 bits per heavy atom. The molecule has 0 spiro atoms. The molecule has 0 unspecified atom stereocenters. The summed E-state index contributed by atoms with van der Waals surface area (Å²) in [5.41, 5.74) is -0.0565. The molecule has 0 aromatic rings. The third-order valence-corrected chi connectivity index (χ3v) is 3.79. The van der Waals surface area contributed by atoms with E-state index >= 15 is 0 Å². The zero-order valence-electron chi connectivity index (χ0n) is 12.0. The summed E-state index contributed by atoms with van der Waals surface area (Å²) in [7, 11) is 0. The molecule has 1 fully saturated rings. The van der Waals surface area contributed by atoms with Crippen molar-refractivity contribution in [2.24, 2.45) is 5.41 Å². The highest BCUT2D eigenvalue weighted by Gasteiger charge is 2.20. The molecule has 0 atom stereocenters. The van der Waals surface area contributed by atoms with Crippen molar-refractivity contribution in [1.82, 2.24) is 10.6 Å². The molecule has 0 bridgehead atoms. The summed E-state index contributed by atoms with van der Waals surface area (Å²) in [6.45, 7) is 4.66. The van der Waals surface area contributed by atoms with E-state index in [0.29, 0.717) is 19.0 Å². The monoisotopic (exact) mass is 270 g/mol. The van der Waals surface area contributed by atoms with Crippen molar-refractivity contribution in [3.8, 4) is 0 Å². The topological polar surface area (TPSA) is 78.4 Å². The van der Waals surface area contributed by atoms with Gasteiger partial charge >= 0.3 is 12.0 Å². The Hall–Kier alpha value is -1.26. The molecular formula is C14H26N2O3. The van der Waals surface area contributed by atoms with Gasteiger partial charge in [-0.05, 0) is 31.1 Å². The summed E-state index contributed by atoms with van der Waals surface area (Å²) < 4.78 is 0. The van der Waals surface area contributed by atoms with Crippen molar-refractivity contribution in [1.29, 1.82) is 0 Å². The number of rotatable bonds is 7. The van der Waals surface area contributed by atoms with Crippen LogP contribution in [0.15, 0.2) is 0 Å². The third-order valence-electron chi connectivity index (χ3n) is 3.79. The van der Waals surface area contributed by atoms with Gasteiger partial charge in [0.1, 0.15) is 0 Å². The van der Waals surface area contributed by atoms with E-state index in [-0.39, 0.29) is 17.9 Å². The fourth-order valence-corrected chi connectivity index (χ4v) is 2.39. The van der Waals surface area contributed by atoms with Crippen LogP contribution in [0.3, 0.4) is 0 Å². The molecule has 0 heterocycles. The van der Waals surface area contributed by atoms with Crippen LogP contribution in [-0.2, 0) is 4.79 Å². The average molecular weight is 270 g/mol. The standard InChI is InChI=1S/C14H26N2O3/c1-14(2,8-7-12(17)18)9-10-15-13(19)16-11-5-3-4-6-11/h11H,3-10H2,1-2H3,(H,17,18)(H2,15,16,19). The largest absolute Gasteiger partial charge is 0.481 e. The maximum Gasteiger partial charge on any atom is 0.315 e. The molecule has 5 heteroatoms. The first-order valence-corrected chi connectivity index (χ1v) is 7.15. The molecule has 110 valence electrons. The third kappa shape index (κ3) is 7.03. The van der Waals surface area contributed by atoms with Gasteiger partial charge in [0.05, 0.1) is 0 Å². The second kappa shape index (κ2) is 7.36. The molecule has 1 aliphatic carbocycles. The molecule has 0 aromatic carbocycles. The van der Waals surface area contributed by atoms with Gasteiger partial charge < -0.3 is 15.7 Å². The van der Waals surface area contributed by atoms with Crippen molar-refractivity contribution in [3.63, 3.8) is 0 Å². The van der Waals surface area contributed by atoms with Crippen LogP contribution in [0.25, 0.3) is 0 Å². The number of hydrogen-bond donors (Lipinski definition) is 3. The second-order valence-corrected chi connectivity index (χ2v) is 6.19. The van der Waals surface area contributed by atoms with Crippen molar-refractivity contribution < 1.29 is 14.7 Å². The Morgan fingerprint density at radius 2 is 1.84 bits per heavy atom. The summed E-state index contributed by atoms with van der Waals surface area (Å²) >= 11 is 0. The smallest absolute Gasteiger partial charge is 0.315 e. The normalized spacial score (nSPS) is 16.3. The number of carbonyl (C=O) groups excluding carboxylic acids is 1. The van der Waals surface area contributed by atoms with Crippen molar-refractivity contribution in [2.75, 3.05) is 6.54 Å². The second-order valence-electron chi connectivity index (χ2n) is 6.19. The Bertz CT molecular complexity index is 310. The van der Waals surface area contributed by atoms with Crippen LogP contribution in [0.5, 0.6) is 0 Å². The molecule has 0 aromatic heterocycles. The maximum absolute atomic E-state index is 11.6. The van der Waals surface area contributed by atoms with Gasteiger partial charge in [-0.25, -0.2) is 4.79 Å². The van der Waals surface area contributed by atoms with Gasteiger partial charge in [0.15, 0.2) is 0 Å². The number of amides is 2. The molecule has 0 aliphatic heterocycles. The number of urea groups is 1. The number of carbonyl (C=O) groups is 2. The van der Waals surface area contributed by atoms with Crippen molar-refractivity contribution in [2.45, 2.75) is 64.8 Å². The van der Waals surface area contributed by atoms with Gasteiger partial charge in [-0.3, -0.25) is 4.79 Å². The number of carboxylic acid groups (broad SMARTS) is 1. The fourth-order valence-electron chi connectivity index (χ4n) is 2.39. The summed E-state index contributed by atoms with van der Waals surface area (Å²) in [6.07, 6.45) is 6.17. The average Bonchev–Trinajstić information content (AvgIpc) is 2.79. The van der Waals surface area contributed by atoms with Gasteiger partial charge in [-0.1, -0.05) is 26.7 Å². The first kappa shape index (κ1) is 15.8. The SMILES string of the molecule is CC(C)(CCNC(=O)NC1CCCC1)CCC(=O)O. The van der Waals surface area contributed by atoms with Crippen LogP contribution in [-0.4, -0.2) is 29.7 Å². The lowest BCUT2D eigenvalue weighted by atomic mass is 9.84. The van der Waals surface area contributed by atoms with E-state index < -0.39 is 5.97 Å². The zero-order chi connectivity index (χ0) is 14.3. The molecular weight excluding hydrogens is 244 g/mol. The molecule has 1 saturated carbocycles. The Balaban J connectivity index is 2.13. The molecule has 2 amide bonds. The van der Waals surface area contributed by atoms with Crippen LogP contribution in [0.2, 0.25) is 0 Å². The van der Waals surface area contributed by atoms with E-state index in [9.17, 15) is 9.59 Å². The van der Waals surface area contributed by atoms with Gasteiger partial charge in [-0.2, -0.15) is 0 Å². The first-order chi connectivity index (χ1) is 8.89. The van der Waals surface area contributed by atoms with Gasteiger partial charge in [-0.15, -0.1) is 0 Å². The molecule has 3 N–H and O–H groups in total.